The molecule has 0 heterocycles. The van der Waals surface area contributed by atoms with Crippen molar-refractivity contribution in [1.82, 2.24) is 0 Å². The van der Waals surface area contributed by atoms with E-state index in [0.717, 1.165) is 19.4 Å². The number of hydrogen-bond donors (Lipinski definition) is 0. The van der Waals surface area contributed by atoms with E-state index < -0.39 is 0 Å². The monoisotopic (exact) mass is 234 g/mol. The van der Waals surface area contributed by atoms with Crippen LogP contribution in [-0.4, -0.2) is 12.7 Å². The Morgan fingerprint density at radius 1 is 1.29 bits per heavy atom. The fraction of sp³-hybridized carbons (Fsp3) is 0.625. The van der Waals surface area contributed by atoms with E-state index in [4.69, 9.17) is 4.74 Å². The summed E-state index contributed by atoms with van der Waals surface area (Å²) in [6, 6.07) is 0. The lowest BCUT2D eigenvalue weighted by molar-refractivity contribution is 0.0844. The predicted molar refractivity (Wildman–Crippen MR) is 75.2 cm³/mol. The largest absolute Gasteiger partial charge is 0.374 e. The van der Waals surface area contributed by atoms with E-state index in [1.54, 1.807) is 0 Å². The average Bonchev–Trinajstić information content (AvgIpc) is 2.30. The van der Waals surface area contributed by atoms with Crippen LogP contribution in [0.2, 0.25) is 0 Å². The summed E-state index contributed by atoms with van der Waals surface area (Å²) in [6.07, 6.45) is 11.6. The van der Waals surface area contributed by atoms with Gasteiger partial charge < -0.3 is 4.74 Å². The fourth-order valence-electron chi connectivity index (χ4n) is 2.19. The molecule has 0 amide bonds. The van der Waals surface area contributed by atoms with Crippen molar-refractivity contribution in [1.29, 1.82) is 0 Å². The molecule has 96 valence electrons. The van der Waals surface area contributed by atoms with Gasteiger partial charge in [-0.05, 0) is 44.3 Å². The Kier molecular flexibility index (Phi) is 6.28. The second-order valence-electron chi connectivity index (χ2n) is 4.85. The van der Waals surface area contributed by atoms with Gasteiger partial charge in [-0.1, -0.05) is 44.1 Å². The minimum atomic E-state index is 0.290. The molecular formula is C16H26O. The van der Waals surface area contributed by atoms with Gasteiger partial charge >= 0.3 is 0 Å². The van der Waals surface area contributed by atoms with Gasteiger partial charge in [0.25, 0.3) is 0 Å². The topological polar surface area (TPSA) is 9.23 Å². The van der Waals surface area contributed by atoms with Crippen molar-refractivity contribution >= 4 is 0 Å². The maximum atomic E-state index is 5.81. The van der Waals surface area contributed by atoms with Crippen molar-refractivity contribution in [2.75, 3.05) is 6.61 Å². The van der Waals surface area contributed by atoms with E-state index in [-0.39, 0.29) is 0 Å². The molecule has 0 aliphatic heterocycles. The van der Waals surface area contributed by atoms with Gasteiger partial charge in [0.05, 0.1) is 6.10 Å². The molecule has 1 nitrogen and oxygen atoms in total. The molecule has 0 saturated carbocycles. The number of allylic oxidation sites excluding steroid dienone is 4. The van der Waals surface area contributed by atoms with Crippen LogP contribution in [-0.2, 0) is 4.74 Å². The average molecular weight is 234 g/mol. The highest BCUT2D eigenvalue weighted by atomic mass is 16.5. The molecule has 0 N–H and O–H groups in total. The molecule has 0 bridgehead atoms. The maximum Gasteiger partial charge on any atom is 0.0798 e. The number of unbranched alkanes of at least 4 members (excludes halogenated alkanes) is 1. The molecule has 0 fully saturated rings. The first-order valence-corrected chi connectivity index (χ1v) is 6.85. The summed E-state index contributed by atoms with van der Waals surface area (Å²) in [6.45, 7) is 9.65. The lowest BCUT2D eigenvalue weighted by atomic mass is 9.90. The van der Waals surface area contributed by atoms with Gasteiger partial charge in [0.2, 0.25) is 0 Å². The normalized spacial score (nSPS) is 21.2. The summed E-state index contributed by atoms with van der Waals surface area (Å²) in [5.41, 5.74) is 4.23. The van der Waals surface area contributed by atoms with Crippen LogP contribution in [0.5, 0.6) is 0 Å². The molecule has 1 aliphatic rings. The highest BCUT2D eigenvalue weighted by Gasteiger charge is 2.15. The highest BCUT2D eigenvalue weighted by Crippen LogP contribution is 2.27. The van der Waals surface area contributed by atoms with E-state index in [0.29, 0.717) is 6.10 Å². The number of rotatable bonds is 6. The van der Waals surface area contributed by atoms with Crippen molar-refractivity contribution in [3.8, 4) is 0 Å². The molecule has 1 aliphatic carbocycles. The molecule has 1 atom stereocenters. The quantitative estimate of drug-likeness (QED) is 0.641. The first-order chi connectivity index (χ1) is 8.19. The predicted octanol–water partition coefficient (Wildman–Crippen LogP) is 4.80. The standard InChI is InChI=1S/C16H26O/c1-5-7-8-9-16-13(3)11-15(12-14(16)4)17-10-6-2/h8-9,11,15H,5-7,10,12H2,1-4H3/b9-8+. The Morgan fingerprint density at radius 2 is 2.06 bits per heavy atom. The van der Waals surface area contributed by atoms with Crippen molar-refractivity contribution in [3.05, 3.63) is 34.9 Å². The molecule has 0 aromatic heterocycles. The van der Waals surface area contributed by atoms with Gasteiger partial charge in [-0.15, -0.1) is 0 Å². The van der Waals surface area contributed by atoms with Crippen molar-refractivity contribution < 1.29 is 4.74 Å². The molecule has 0 aromatic carbocycles. The van der Waals surface area contributed by atoms with Crippen LogP contribution < -0.4 is 0 Å². The van der Waals surface area contributed by atoms with E-state index in [1.807, 2.05) is 0 Å². The van der Waals surface area contributed by atoms with E-state index in [2.05, 4.69) is 45.9 Å². The Bertz CT molecular complexity index is 320. The van der Waals surface area contributed by atoms with E-state index in [9.17, 15) is 0 Å². The summed E-state index contributed by atoms with van der Waals surface area (Å²) in [4.78, 5) is 0. The van der Waals surface area contributed by atoms with Crippen LogP contribution >= 0.6 is 0 Å². The smallest absolute Gasteiger partial charge is 0.0798 e. The van der Waals surface area contributed by atoms with E-state index >= 15 is 0 Å². The second kappa shape index (κ2) is 7.50. The van der Waals surface area contributed by atoms with Gasteiger partial charge in [0.15, 0.2) is 0 Å². The zero-order chi connectivity index (χ0) is 12.7. The van der Waals surface area contributed by atoms with Crippen LogP contribution in [0.15, 0.2) is 34.9 Å². The van der Waals surface area contributed by atoms with Crippen LogP contribution in [0, 0.1) is 0 Å². The second-order valence-corrected chi connectivity index (χ2v) is 4.85. The first kappa shape index (κ1) is 14.2. The maximum absolute atomic E-state index is 5.81. The molecule has 1 unspecified atom stereocenters. The molecular weight excluding hydrogens is 208 g/mol. The molecule has 0 radical (unpaired) electrons. The van der Waals surface area contributed by atoms with Gasteiger partial charge in [-0.3, -0.25) is 0 Å². The summed E-state index contributed by atoms with van der Waals surface area (Å²) < 4.78 is 5.81. The van der Waals surface area contributed by atoms with Crippen LogP contribution in [0.1, 0.15) is 53.4 Å². The van der Waals surface area contributed by atoms with E-state index in [1.165, 1.54) is 29.6 Å². The highest BCUT2D eigenvalue weighted by molar-refractivity contribution is 5.45. The Labute approximate surface area is 106 Å². The van der Waals surface area contributed by atoms with Gasteiger partial charge in [-0.25, -0.2) is 0 Å². The SMILES string of the molecule is CCC/C=C/C1=C(C)CC(OCCC)C=C1C. The zero-order valence-corrected chi connectivity index (χ0v) is 11.8. The van der Waals surface area contributed by atoms with Crippen LogP contribution in [0.25, 0.3) is 0 Å². The Hall–Kier alpha value is -0.820. The fourth-order valence-corrected chi connectivity index (χ4v) is 2.19. The first-order valence-electron chi connectivity index (χ1n) is 6.85. The minimum absolute atomic E-state index is 0.290. The third-order valence-electron chi connectivity index (χ3n) is 3.10. The molecule has 0 aromatic rings. The molecule has 0 spiro atoms. The summed E-state index contributed by atoms with van der Waals surface area (Å²) in [5, 5.41) is 0. The third-order valence-corrected chi connectivity index (χ3v) is 3.10. The lowest BCUT2D eigenvalue weighted by Gasteiger charge is -2.23. The summed E-state index contributed by atoms with van der Waals surface area (Å²) in [7, 11) is 0. The molecule has 17 heavy (non-hydrogen) atoms. The van der Waals surface area contributed by atoms with Crippen molar-refractivity contribution in [3.63, 3.8) is 0 Å². The zero-order valence-electron chi connectivity index (χ0n) is 11.8. The van der Waals surface area contributed by atoms with Gasteiger partial charge in [0, 0.05) is 6.61 Å². The summed E-state index contributed by atoms with van der Waals surface area (Å²) >= 11 is 0. The Morgan fingerprint density at radius 3 is 2.65 bits per heavy atom. The van der Waals surface area contributed by atoms with Gasteiger partial charge in [-0.2, -0.15) is 0 Å². The van der Waals surface area contributed by atoms with Crippen molar-refractivity contribution in [2.24, 2.45) is 0 Å². The molecule has 1 rings (SSSR count). The number of hydrogen-bond acceptors (Lipinski definition) is 1. The van der Waals surface area contributed by atoms with Gasteiger partial charge in [0.1, 0.15) is 0 Å². The third kappa shape index (κ3) is 4.51. The van der Waals surface area contributed by atoms with Crippen LogP contribution in [0.4, 0.5) is 0 Å². The molecule has 0 saturated heterocycles. The van der Waals surface area contributed by atoms with Crippen LogP contribution in [0.3, 0.4) is 0 Å². The Balaban J connectivity index is 2.65. The lowest BCUT2D eigenvalue weighted by Crippen LogP contribution is -2.16. The van der Waals surface area contributed by atoms with Crippen molar-refractivity contribution in [2.45, 2.75) is 59.5 Å². The number of ether oxygens (including phenoxy) is 1. The summed E-state index contributed by atoms with van der Waals surface area (Å²) in [5.74, 6) is 0. The minimum Gasteiger partial charge on any atom is -0.374 e. The molecule has 1 heteroatoms.